The van der Waals surface area contributed by atoms with Crippen LogP contribution >= 0.6 is 23.8 Å². The highest BCUT2D eigenvalue weighted by Crippen LogP contribution is 2.34. The quantitative estimate of drug-likeness (QED) is 0.125. The Labute approximate surface area is 245 Å². The van der Waals surface area contributed by atoms with Gasteiger partial charge in [0.15, 0.2) is 10.7 Å². The van der Waals surface area contributed by atoms with Crippen molar-refractivity contribution in [2.24, 2.45) is 0 Å². The molecule has 1 fully saturated rings. The van der Waals surface area contributed by atoms with Crippen LogP contribution < -0.4 is 15.5 Å². The Balaban J connectivity index is 1.18. The molecule has 206 valence electrons. The van der Waals surface area contributed by atoms with Gasteiger partial charge >= 0.3 is 0 Å². The standard InChI is InChI=1S/C30H24ClN5O4S/c31-23-9-5-6-20-21(23)7-4-8-22(20)29-33-24-17-19(11-13-27(24)40-29)32-30(41)34-28(37)18-10-12-25(26(16-18)36(38)39)35-14-2-1-3-15-35/h4-13,16-17H,1-3,14-15H2,(H2,32,34,37,41). The van der Waals surface area contributed by atoms with E-state index in [9.17, 15) is 14.9 Å². The summed E-state index contributed by atoms with van der Waals surface area (Å²) in [6, 6.07) is 21.3. The van der Waals surface area contributed by atoms with Gasteiger partial charge in [0.25, 0.3) is 11.6 Å². The van der Waals surface area contributed by atoms with Crippen LogP contribution in [-0.2, 0) is 0 Å². The summed E-state index contributed by atoms with van der Waals surface area (Å²) in [5, 5.41) is 19.9. The molecule has 0 bridgehead atoms. The summed E-state index contributed by atoms with van der Waals surface area (Å²) in [7, 11) is 0. The number of hydrogen-bond acceptors (Lipinski definition) is 7. The average molecular weight is 586 g/mol. The molecule has 0 aliphatic carbocycles. The summed E-state index contributed by atoms with van der Waals surface area (Å²) in [6.45, 7) is 1.52. The number of hydrogen-bond donors (Lipinski definition) is 2. The first-order chi connectivity index (χ1) is 19.9. The number of carbonyl (C=O) groups excluding carboxylic acids is 1. The fourth-order valence-electron chi connectivity index (χ4n) is 5.13. The lowest BCUT2D eigenvalue weighted by Crippen LogP contribution is -2.34. The van der Waals surface area contributed by atoms with E-state index in [1.54, 1.807) is 30.3 Å². The molecule has 0 unspecified atom stereocenters. The van der Waals surface area contributed by atoms with E-state index in [0.717, 1.165) is 48.7 Å². The van der Waals surface area contributed by atoms with E-state index in [2.05, 4.69) is 15.6 Å². The monoisotopic (exact) mass is 585 g/mol. The third-order valence-corrected chi connectivity index (χ3v) is 7.64. The number of nitro groups is 1. The second-order valence-electron chi connectivity index (χ2n) is 9.76. The third kappa shape index (κ3) is 5.44. The normalized spacial score (nSPS) is 13.3. The van der Waals surface area contributed by atoms with Gasteiger partial charge in [0.1, 0.15) is 11.2 Å². The first-order valence-corrected chi connectivity index (χ1v) is 13.9. The number of halogens is 1. The van der Waals surface area contributed by atoms with Gasteiger partial charge in [-0.15, -0.1) is 0 Å². The molecule has 0 saturated carbocycles. The molecule has 1 aromatic heterocycles. The number of nitrogens with zero attached hydrogens (tertiary/aromatic N) is 3. The topological polar surface area (TPSA) is 114 Å². The van der Waals surface area contributed by atoms with Crippen molar-refractivity contribution in [1.29, 1.82) is 0 Å². The van der Waals surface area contributed by atoms with Crippen molar-refractivity contribution in [2.45, 2.75) is 19.3 Å². The van der Waals surface area contributed by atoms with Crippen LogP contribution in [0.4, 0.5) is 17.1 Å². The molecule has 11 heteroatoms. The number of thiocarbonyl (C=S) groups is 1. The van der Waals surface area contributed by atoms with E-state index in [-0.39, 0.29) is 16.4 Å². The van der Waals surface area contributed by atoms with Crippen LogP contribution in [0.3, 0.4) is 0 Å². The van der Waals surface area contributed by atoms with Crippen LogP contribution in [0.2, 0.25) is 5.02 Å². The van der Waals surface area contributed by atoms with Crippen molar-refractivity contribution in [3.63, 3.8) is 0 Å². The molecule has 4 aromatic carbocycles. The smallest absolute Gasteiger partial charge is 0.293 e. The Morgan fingerprint density at radius 1 is 1.00 bits per heavy atom. The first kappa shape index (κ1) is 26.7. The minimum absolute atomic E-state index is 0.0459. The predicted molar refractivity (Wildman–Crippen MR) is 165 cm³/mol. The first-order valence-electron chi connectivity index (χ1n) is 13.1. The van der Waals surface area contributed by atoms with E-state index in [0.29, 0.717) is 33.4 Å². The number of benzene rings is 4. The minimum atomic E-state index is -0.546. The maximum atomic E-state index is 12.9. The van der Waals surface area contributed by atoms with E-state index in [1.807, 2.05) is 41.3 Å². The van der Waals surface area contributed by atoms with E-state index in [1.165, 1.54) is 6.07 Å². The van der Waals surface area contributed by atoms with E-state index < -0.39 is 10.8 Å². The lowest BCUT2D eigenvalue weighted by Gasteiger charge is -2.28. The SMILES string of the molecule is O=C(NC(=S)Nc1ccc2oc(-c3cccc4c(Cl)cccc34)nc2c1)c1ccc(N2CCCCC2)c([N+](=O)[O-])c1. The Hall–Kier alpha value is -4.54. The number of nitro benzene ring substituents is 1. The van der Waals surface area contributed by atoms with Gasteiger partial charge in [-0.2, -0.15) is 0 Å². The zero-order valence-electron chi connectivity index (χ0n) is 21.7. The molecule has 5 aromatic rings. The number of rotatable bonds is 5. The molecule has 1 amide bonds. The van der Waals surface area contributed by atoms with Crippen molar-refractivity contribution in [3.05, 3.63) is 93.5 Å². The van der Waals surface area contributed by atoms with Crippen molar-refractivity contribution in [2.75, 3.05) is 23.3 Å². The van der Waals surface area contributed by atoms with Crippen LogP contribution in [0.1, 0.15) is 29.6 Å². The maximum Gasteiger partial charge on any atom is 0.293 e. The number of nitrogens with one attached hydrogen (secondary N) is 2. The fraction of sp³-hybridized carbons (Fsp3) is 0.167. The van der Waals surface area contributed by atoms with Crippen molar-refractivity contribution in [3.8, 4) is 11.5 Å². The number of anilines is 2. The summed E-state index contributed by atoms with van der Waals surface area (Å²) in [5.74, 6) is -0.0919. The molecular weight excluding hydrogens is 562 g/mol. The summed E-state index contributed by atoms with van der Waals surface area (Å²) in [4.78, 5) is 30.9. The van der Waals surface area contributed by atoms with Crippen molar-refractivity contribution >= 4 is 73.8 Å². The second-order valence-corrected chi connectivity index (χ2v) is 10.6. The second kappa shape index (κ2) is 11.1. The summed E-state index contributed by atoms with van der Waals surface area (Å²) in [6.07, 6.45) is 3.08. The highest BCUT2D eigenvalue weighted by atomic mass is 35.5. The van der Waals surface area contributed by atoms with Gasteiger partial charge in [0.2, 0.25) is 5.89 Å². The molecule has 0 radical (unpaired) electrons. The molecule has 41 heavy (non-hydrogen) atoms. The molecule has 1 saturated heterocycles. The summed E-state index contributed by atoms with van der Waals surface area (Å²) in [5.41, 5.74) is 3.17. The number of carbonyl (C=O) groups is 1. The molecule has 9 nitrogen and oxygen atoms in total. The lowest BCUT2D eigenvalue weighted by atomic mass is 10.0. The third-order valence-electron chi connectivity index (χ3n) is 7.10. The molecule has 1 aliphatic rings. The zero-order valence-corrected chi connectivity index (χ0v) is 23.3. The highest BCUT2D eigenvalue weighted by molar-refractivity contribution is 7.80. The summed E-state index contributed by atoms with van der Waals surface area (Å²) >= 11 is 11.7. The molecule has 6 rings (SSSR count). The number of oxazole rings is 1. The molecule has 1 aliphatic heterocycles. The van der Waals surface area contributed by atoms with Gasteiger partial charge < -0.3 is 14.6 Å². The Morgan fingerprint density at radius 2 is 1.78 bits per heavy atom. The Morgan fingerprint density at radius 3 is 2.59 bits per heavy atom. The van der Waals surface area contributed by atoms with Crippen LogP contribution in [0.15, 0.2) is 77.2 Å². The van der Waals surface area contributed by atoms with Crippen molar-refractivity contribution in [1.82, 2.24) is 10.3 Å². The van der Waals surface area contributed by atoms with Crippen LogP contribution in [0.25, 0.3) is 33.3 Å². The zero-order chi connectivity index (χ0) is 28.5. The Kier molecular flexibility index (Phi) is 7.25. The average Bonchev–Trinajstić information content (AvgIpc) is 3.40. The van der Waals surface area contributed by atoms with Gasteiger partial charge in [0, 0.05) is 46.4 Å². The number of amides is 1. The van der Waals surface area contributed by atoms with Gasteiger partial charge in [-0.3, -0.25) is 20.2 Å². The molecule has 2 heterocycles. The summed E-state index contributed by atoms with van der Waals surface area (Å²) < 4.78 is 6.03. The number of aromatic nitrogens is 1. The largest absolute Gasteiger partial charge is 0.436 e. The van der Waals surface area contributed by atoms with Crippen LogP contribution in [-0.4, -0.2) is 34.0 Å². The molecular formula is C30H24ClN5O4S. The predicted octanol–water partition coefficient (Wildman–Crippen LogP) is 7.33. The molecule has 0 atom stereocenters. The fourth-order valence-corrected chi connectivity index (χ4v) is 5.58. The number of piperidine rings is 1. The van der Waals surface area contributed by atoms with Crippen LogP contribution in [0, 0.1) is 10.1 Å². The highest BCUT2D eigenvalue weighted by Gasteiger charge is 2.23. The Bertz CT molecular complexity index is 1830. The van der Waals surface area contributed by atoms with Gasteiger partial charge in [-0.1, -0.05) is 35.9 Å². The number of fused-ring (bicyclic) bond motifs is 2. The maximum absolute atomic E-state index is 12.9. The molecule has 2 N–H and O–H groups in total. The molecule has 0 spiro atoms. The van der Waals surface area contributed by atoms with Crippen molar-refractivity contribution < 1.29 is 14.1 Å². The van der Waals surface area contributed by atoms with E-state index >= 15 is 0 Å². The van der Waals surface area contributed by atoms with Gasteiger partial charge in [-0.25, -0.2) is 4.98 Å². The van der Waals surface area contributed by atoms with E-state index in [4.69, 9.17) is 28.2 Å². The van der Waals surface area contributed by atoms with Gasteiger partial charge in [0.05, 0.1) is 4.92 Å². The van der Waals surface area contributed by atoms with Crippen LogP contribution in [0.5, 0.6) is 0 Å². The lowest BCUT2D eigenvalue weighted by molar-refractivity contribution is -0.384. The van der Waals surface area contributed by atoms with Gasteiger partial charge in [-0.05, 0) is 79.3 Å². The minimum Gasteiger partial charge on any atom is -0.436 e.